The number of hydrogen-bond donors (Lipinski definition) is 1. The van der Waals surface area contributed by atoms with Crippen molar-refractivity contribution in [2.75, 3.05) is 11.9 Å². The SMILES string of the molecule is CCC1SC(=S)N(CCCCCC(=O)Nc2ccc(C)cc2)C1=O. The average molecular weight is 365 g/mol. The summed E-state index contributed by atoms with van der Waals surface area (Å²) in [6.45, 7) is 4.69. The van der Waals surface area contributed by atoms with Gasteiger partial charge in [0.15, 0.2) is 0 Å². The van der Waals surface area contributed by atoms with E-state index in [2.05, 4.69) is 5.32 Å². The van der Waals surface area contributed by atoms with Gasteiger partial charge < -0.3 is 5.32 Å². The van der Waals surface area contributed by atoms with Crippen molar-refractivity contribution in [3.05, 3.63) is 29.8 Å². The number of nitrogens with zero attached hydrogens (tertiary/aromatic N) is 1. The molecule has 1 unspecified atom stereocenters. The minimum Gasteiger partial charge on any atom is -0.326 e. The Morgan fingerprint density at radius 1 is 1.25 bits per heavy atom. The van der Waals surface area contributed by atoms with Crippen molar-refractivity contribution in [3.8, 4) is 0 Å². The van der Waals surface area contributed by atoms with Gasteiger partial charge in [-0.05, 0) is 38.3 Å². The maximum atomic E-state index is 12.1. The predicted molar refractivity (Wildman–Crippen MR) is 104 cm³/mol. The van der Waals surface area contributed by atoms with E-state index in [4.69, 9.17) is 12.2 Å². The molecule has 0 aromatic heterocycles. The number of anilines is 1. The number of hydrogen-bond acceptors (Lipinski definition) is 4. The van der Waals surface area contributed by atoms with Crippen LogP contribution in [0.25, 0.3) is 0 Å². The smallest absolute Gasteiger partial charge is 0.241 e. The predicted octanol–water partition coefficient (Wildman–Crippen LogP) is 4.13. The second kappa shape index (κ2) is 9.18. The highest BCUT2D eigenvalue weighted by atomic mass is 32.2. The first-order valence-electron chi connectivity index (χ1n) is 8.39. The number of carbonyl (C=O) groups is 2. The maximum absolute atomic E-state index is 12.1. The number of thiocarbonyl (C=S) groups is 1. The molecule has 0 spiro atoms. The molecule has 4 nitrogen and oxygen atoms in total. The molecule has 24 heavy (non-hydrogen) atoms. The van der Waals surface area contributed by atoms with Crippen LogP contribution in [-0.4, -0.2) is 32.8 Å². The molecular weight excluding hydrogens is 340 g/mol. The van der Waals surface area contributed by atoms with Crippen molar-refractivity contribution in [2.45, 2.75) is 51.2 Å². The lowest BCUT2D eigenvalue weighted by atomic mass is 10.1. The summed E-state index contributed by atoms with van der Waals surface area (Å²) in [5.74, 6) is 0.179. The van der Waals surface area contributed by atoms with E-state index >= 15 is 0 Å². The molecule has 2 rings (SSSR count). The van der Waals surface area contributed by atoms with E-state index in [1.165, 1.54) is 17.3 Å². The third-order valence-corrected chi connectivity index (χ3v) is 5.75. The summed E-state index contributed by atoms with van der Waals surface area (Å²) in [6, 6.07) is 7.78. The Morgan fingerprint density at radius 2 is 1.96 bits per heavy atom. The van der Waals surface area contributed by atoms with Gasteiger partial charge in [-0.1, -0.05) is 55.0 Å². The van der Waals surface area contributed by atoms with Crippen LogP contribution in [0.15, 0.2) is 24.3 Å². The van der Waals surface area contributed by atoms with Gasteiger partial charge in [0.05, 0.1) is 5.25 Å². The van der Waals surface area contributed by atoms with E-state index in [0.29, 0.717) is 17.3 Å². The van der Waals surface area contributed by atoms with E-state index in [1.54, 1.807) is 4.90 Å². The number of aryl methyl sites for hydroxylation is 1. The van der Waals surface area contributed by atoms with Crippen LogP contribution in [0.1, 0.15) is 44.6 Å². The minimum atomic E-state index is -0.00205. The summed E-state index contributed by atoms with van der Waals surface area (Å²) in [5.41, 5.74) is 2.01. The zero-order valence-electron chi connectivity index (χ0n) is 14.2. The number of benzene rings is 1. The molecule has 1 N–H and O–H groups in total. The van der Waals surface area contributed by atoms with Gasteiger partial charge >= 0.3 is 0 Å². The Hall–Kier alpha value is -1.40. The van der Waals surface area contributed by atoms with Crippen molar-refractivity contribution in [2.24, 2.45) is 0 Å². The number of carbonyl (C=O) groups excluding carboxylic acids is 2. The molecule has 0 bridgehead atoms. The maximum Gasteiger partial charge on any atom is 0.241 e. The lowest BCUT2D eigenvalue weighted by Crippen LogP contribution is -2.32. The van der Waals surface area contributed by atoms with Crippen molar-refractivity contribution in [1.29, 1.82) is 0 Å². The molecular formula is C18H24N2O2S2. The van der Waals surface area contributed by atoms with Crippen molar-refractivity contribution < 1.29 is 9.59 Å². The molecule has 2 amide bonds. The third-order valence-electron chi connectivity index (χ3n) is 4.00. The summed E-state index contributed by atoms with van der Waals surface area (Å²) in [5, 5.41) is 2.90. The fraction of sp³-hybridized carbons (Fsp3) is 0.500. The van der Waals surface area contributed by atoms with Crippen molar-refractivity contribution >= 4 is 45.8 Å². The molecule has 0 radical (unpaired) electrons. The standard InChI is InChI=1S/C18H24N2O2S2/c1-3-15-17(22)20(18(23)24-15)12-6-4-5-7-16(21)19-14-10-8-13(2)9-11-14/h8-11,15H,3-7,12H2,1-2H3,(H,19,21). The normalized spacial score (nSPS) is 17.4. The highest BCUT2D eigenvalue weighted by molar-refractivity contribution is 8.24. The molecule has 1 saturated heterocycles. The number of rotatable bonds is 8. The molecule has 1 atom stereocenters. The lowest BCUT2D eigenvalue weighted by molar-refractivity contribution is -0.126. The topological polar surface area (TPSA) is 49.4 Å². The molecule has 1 aliphatic rings. The largest absolute Gasteiger partial charge is 0.326 e. The Morgan fingerprint density at radius 3 is 2.58 bits per heavy atom. The van der Waals surface area contributed by atoms with Crippen LogP contribution in [0, 0.1) is 6.92 Å². The van der Waals surface area contributed by atoms with Crippen molar-refractivity contribution in [3.63, 3.8) is 0 Å². The van der Waals surface area contributed by atoms with E-state index in [-0.39, 0.29) is 17.1 Å². The molecule has 130 valence electrons. The third kappa shape index (κ3) is 5.31. The second-order valence-electron chi connectivity index (χ2n) is 6.00. The first kappa shape index (κ1) is 18.9. The molecule has 0 aliphatic carbocycles. The summed E-state index contributed by atoms with van der Waals surface area (Å²) in [6.07, 6.45) is 3.92. The monoisotopic (exact) mass is 364 g/mol. The van der Waals surface area contributed by atoms with E-state index in [9.17, 15) is 9.59 Å². The highest BCUT2D eigenvalue weighted by Gasteiger charge is 2.34. The van der Waals surface area contributed by atoms with Crippen molar-refractivity contribution in [1.82, 2.24) is 4.90 Å². The van der Waals surface area contributed by atoms with Crippen LogP contribution in [0.5, 0.6) is 0 Å². The van der Waals surface area contributed by atoms with Crippen LogP contribution in [0.4, 0.5) is 5.69 Å². The van der Waals surface area contributed by atoms with Crippen LogP contribution in [0.2, 0.25) is 0 Å². The first-order valence-corrected chi connectivity index (χ1v) is 9.68. The quantitative estimate of drug-likeness (QED) is 0.556. The zero-order valence-corrected chi connectivity index (χ0v) is 15.8. The number of nitrogens with one attached hydrogen (secondary N) is 1. The van der Waals surface area contributed by atoms with Crippen LogP contribution in [0.3, 0.4) is 0 Å². The second-order valence-corrected chi connectivity index (χ2v) is 7.83. The zero-order chi connectivity index (χ0) is 17.5. The molecule has 6 heteroatoms. The Kier molecular flexibility index (Phi) is 7.24. The number of thioether (sulfide) groups is 1. The summed E-state index contributed by atoms with van der Waals surface area (Å²) >= 11 is 6.76. The van der Waals surface area contributed by atoms with Gasteiger partial charge in [0.1, 0.15) is 4.32 Å². The number of unbranched alkanes of at least 4 members (excludes halogenated alkanes) is 2. The number of amides is 2. The van der Waals surface area contributed by atoms with Gasteiger partial charge in [-0.2, -0.15) is 0 Å². The van der Waals surface area contributed by atoms with Gasteiger partial charge in [0.25, 0.3) is 0 Å². The van der Waals surface area contributed by atoms with Gasteiger partial charge in [-0.25, -0.2) is 0 Å². The van der Waals surface area contributed by atoms with Gasteiger partial charge in [-0.15, -0.1) is 0 Å². The molecule has 0 saturated carbocycles. The Bertz CT molecular complexity index is 602. The highest BCUT2D eigenvalue weighted by Crippen LogP contribution is 2.29. The van der Waals surface area contributed by atoms with Gasteiger partial charge in [0.2, 0.25) is 11.8 Å². The first-order chi connectivity index (χ1) is 11.5. The van der Waals surface area contributed by atoms with E-state index in [1.807, 2.05) is 38.1 Å². The Labute approximate surface area is 153 Å². The van der Waals surface area contributed by atoms with Crippen LogP contribution in [-0.2, 0) is 9.59 Å². The van der Waals surface area contributed by atoms with Gasteiger partial charge in [0, 0.05) is 18.7 Å². The summed E-state index contributed by atoms with van der Waals surface area (Å²) in [4.78, 5) is 25.7. The average Bonchev–Trinajstić information content (AvgIpc) is 2.83. The fourth-order valence-corrected chi connectivity index (χ4v) is 4.03. The molecule has 1 fully saturated rings. The minimum absolute atomic E-state index is 0.00205. The molecule has 1 aromatic carbocycles. The molecule has 1 aliphatic heterocycles. The van der Waals surface area contributed by atoms with Crippen LogP contribution < -0.4 is 5.32 Å². The van der Waals surface area contributed by atoms with Crippen LogP contribution >= 0.6 is 24.0 Å². The molecule has 1 aromatic rings. The Balaban J connectivity index is 1.63. The summed E-state index contributed by atoms with van der Waals surface area (Å²) < 4.78 is 0.698. The summed E-state index contributed by atoms with van der Waals surface area (Å²) in [7, 11) is 0. The fourth-order valence-electron chi connectivity index (χ4n) is 2.55. The van der Waals surface area contributed by atoms with E-state index in [0.717, 1.165) is 31.4 Å². The van der Waals surface area contributed by atoms with E-state index < -0.39 is 0 Å². The lowest BCUT2D eigenvalue weighted by Gasteiger charge is -2.15. The molecule has 1 heterocycles. The van der Waals surface area contributed by atoms with Gasteiger partial charge in [-0.3, -0.25) is 14.5 Å².